The molecule has 104 valence electrons. The molecule has 2 N–H and O–H groups in total. The molecule has 0 aromatic carbocycles. The predicted molar refractivity (Wildman–Crippen MR) is 68.8 cm³/mol. The van der Waals surface area contributed by atoms with Gasteiger partial charge in [0.25, 0.3) is 0 Å². The number of nitro groups is 1. The highest BCUT2D eigenvalue weighted by molar-refractivity contribution is 7.18. The van der Waals surface area contributed by atoms with E-state index in [1.165, 1.54) is 24.4 Å². The summed E-state index contributed by atoms with van der Waals surface area (Å²) in [6, 6.07) is 4.03. The minimum absolute atomic E-state index is 0.107. The lowest BCUT2D eigenvalue weighted by atomic mass is 10.4. The standard InChI is InChI=1S/C10H8N4O5S/c15-8(5-13-4-3-7(12-13)14(18)19)11-9-2-1-6(20-9)10(16)17/h1-4H,5H2,(H,11,15)(H,16,17). The number of carbonyl (C=O) groups excluding carboxylic acids is 1. The van der Waals surface area contributed by atoms with Crippen molar-refractivity contribution < 1.29 is 19.6 Å². The van der Waals surface area contributed by atoms with Crippen LogP contribution in [0.5, 0.6) is 0 Å². The van der Waals surface area contributed by atoms with Gasteiger partial charge in [-0.25, -0.2) is 4.79 Å². The Balaban J connectivity index is 1.97. The topological polar surface area (TPSA) is 127 Å². The Bertz CT molecular complexity index is 621. The minimum atomic E-state index is -1.07. The van der Waals surface area contributed by atoms with Crippen LogP contribution in [0.3, 0.4) is 0 Å². The van der Waals surface area contributed by atoms with Gasteiger partial charge in [0.2, 0.25) is 5.91 Å². The fourth-order valence-corrected chi connectivity index (χ4v) is 2.14. The molecule has 0 unspecified atom stereocenters. The zero-order chi connectivity index (χ0) is 14.7. The van der Waals surface area contributed by atoms with Crippen LogP contribution in [0.25, 0.3) is 0 Å². The van der Waals surface area contributed by atoms with Gasteiger partial charge in [-0.15, -0.1) is 11.3 Å². The van der Waals surface area contributed by atoms with E-state index in [-0.39, 0.29) is 17.2 Å². The lowest BCUT2D eigenvalue weighted by molar-refractivity contribution is -0.389. The minimum Gasteiger partial charge on any atom is -0.477 e. The highest BCUT2D eigenvalue weighted by atomic mass is 32.1. The third kappa shape index (κ3) is 3.17. The quantitative estimate of drug-likeness (QED) is 0.630. The maximum absolute atomic E-state index is 11.7. The first-order chi connectivity index (χ1) is 9.45. The van der Waals surface area contributed by atoms with Gasteiger partial charge < -0.3 is 20.5 Å². The summed E-state index contributed by atoms with van der Waals surface area (Å²) in [5, 5.41) is 25.6. The first-order valence-electron chi connectivity index (χ1n) is 5.26. The molecule has 0 fully saturated rings. The second-order valence-corrected chi connectivity index (χ2v) is 4.73. The normalized spacial score (nSPS) is 10.2. The molecule has 0 aliphatic heterocycles. The van der Waals surface area contributed by atoms with Gasteiger partial charge in [-0.05, 0) is 17.1 Å². The number of anilines is 1. The lowest BCUT2D eigenvalue weighted by Crippen LogP contribution is -2.18. The maximum atomic E-state index is 11.7. The Morgan fingerprint density at radius 2 is 2.20 bits per heavy atom. The molecule has 20 heavy (non-hydrogen) atoms. The molecule has 9 nitrogen and oxygen atoms in total. The Kier molecular flexibility index (Phi) is 3.75. The molecule has 2 rings (SSSR count). The highest BCUT2D eigenvalue weighted by Gasteiger charge is 2.14. The summed E-state index contributed by atoms with van der Waals surface area (Å²) in [6.07, 6.45) is 1.31. The molecule has 0 bridgehead atoms. The fraction of sp³-hybridized carbons (Fsp3) is 0.100. The van der Waals surface area contributed by atoms with Crippen LogP contribution in [0, 0.1) is 10.1 Å². The summed E-state index contributed by atoms with van der Waals surface area (Å²) in [6.45, 7) is -0.200. The third-order valence-electron chi connectivity index (χ3n) is 2.20. The average molecular weight is 296 g/mol. The largest absolute Gasteiger partial charge is 0.477 e. The van der Waals surface area contributed by atoms with Gasteiger partial charge in [-0.3, -0.25) is 4.79 Å². The van der Waals surface area contributed by atoms with Gasteiger partial charge in [-0.1, -0.05) is 0 Å². The maximum Gasteiger partial charge on any atom is 0.389 e. The number of nitrogens with one attached hydrogen (secondary N) is 1. The van der Waals surface area contributed by atoms with Gasteiger partial charge in [0.1, 0.15) is 11.4 Å². The van der Waals surface area contributed by atoms with E-state index in [2.05, 4.69) is 10.4 Å². The van der Waals surface area contributed by atoms with Gasteiger partial charge in [0.05, 0.1) is 22.4 Å². The van der Waals surface area contributed by atoms with E-state index >= 15 is 0 Å². The molecule has 2 heterocycles. The second kappa shape index (κ2) is 5.48. The van der Waals surface area contributed by atoms with Crippen molar-refractivity contribution in [3.05, 3.63) is 39.4 Å². The Morgan fingerprint density at radius 1 is 1.45 bits per heavy atom. The Hall–Kier alpha value is -2.75. The predicted octanol–water partition coefficient (Wildman–Crippen LogP) is 1.19. The van der Waals surface area contributed by atoms with Crippen LogP contribution in [0.1, 0.15) is 9.67 Å². The second-order valence-electron chi connectivity index (χ2n) is 3.65. The van der Waals surface area contributed by atoms with Crippen molar-refractivity contribution >= 4 is 34.0 Å². The van der Waals surface area contributed by atoms with Crippen LogP contribution in [0.4, 0.5) is 10.8 Å². The van der Waals surface area contributed by atoms with Crippen molar-refractivity contribution in [3.63, 3.8) is 0 Å². The monoisotopic (exact) mass is 296 g/mol. The van der Waals surface area contributed by atoms with Gasteiger partial charge in [0.15, 0.2) is 0 Å². The number of amides is 1. The van der Waals surface area contributed by atoms with E-state index < -0.39 is 16.8 Å². The van der Waals surface area contributed by atoms with Crippen molar-refractivity contribution in [3.8, 4) is 0 Å². The van der Waals surface area contributed by atoms with Crippen molar-refractivity contribution in [2.75, 3.05) is 5.32 Å². The Morgan fingerprint density at radius 3 is 2.75 bits per heavy atom. The summed E-state index contributed by atoms with van der Waals surface area (Å²) in [4.78, 5) is 32.2. The van der Waals surface area contributed by atoms with Crippen LogP contribution >= 0.6 is 11.3 Å². The van der Waals surface area contributed by atoms with E-state index in [0.717, 1.165) is 16.0 Å². The van der Waals surface area contributed by atoms with Crippen LogP contribution < -0.4 is 5.32 Å². The number of thiophene rings is 1. The van der Waals surface area contributed by atoms with Gasteiger partial charge in [-0.2, -0.15) is 4.68 Å². The summed E-state index contributed by atoms with van der Waals surface area (Å²) >= 11 is 0.921. The molecule has 0 spiro atoms. The van der Waals surface area contributed by atoms with E-state index in [0.29, 0.717) is 5.00 Å². The summed E-state index contributed by atoms with van der Waals surface area (Å²) in [5.41, 5.74) is 0. The summed E-state index contributed by atoms with van der Waals surface area (Å²) in [5.74, 6) is -1.87. The van der Waals surface area contributed by atoms with Crippen LogP contribution in [-0.4, -0.2) is 31.7 Å². The molecule has 2 aromatic rings. The van der Waals surface area contributed by atoms with Crippen molar-refractivity contribution in [2.24, 2.45) is 0 Å². The first-order valence-corrected chi connectivity index (χ1v) is 6.08. The van der Waals surface area contributed by atoms with Crippen molar-refractivity contribution in [2.45, 2.75) is 6.54 Å². The molecule has 2 aromatic heterocycles. The Labute approximate surface area is 115 Å². The fourth-order valence-electron chi connectivity index (χ4n) is 1.38. The molecule has 1 amide bonds. The van der Waals surface area contributed by atoms with Crippen molar-refractivity contribution in [1.29, 1.82) is 0 Å². The average Bonchev–Trinajstić information content (AvgIpc) is 2.98. The number of aromatic carboxylic acids is 1. The zero-order valence-electron chi connectivity index (χ0n) is 9.85. The number of hydrogen-bond acceptors (Lipinski definition) is 6. The first kappa shape index (κ1) is 13.7. The molecular formula is C10H8N4O5S. The van der Waals surface area contributed by atoms with E-state index in [9.17, 15) is 19.7 Å². The number of carbonyl (C=O) groups is 2. The molecule has 0 aliphatic rings. The SMILES string of the molecule is O=C(Cn1ccc([N+](=O)[O-])n1)Nc1ccc(C(=O)O)s1. The molecule has 0 atom stereocenters. The number of aromatic nitrogens is 2. The van der Waals surface area contributed by atoms with Crippen molar-refractivity contribution in [1.82, 2.24) is 9.78 Å². The molecule has 0 aliphatic carbocycles. The van der Waals surface area contributed by atoms with Gasteiger partial charge in [0, 0.05) is 0 Å². The lowest BCUT2D eigenvalue weighted by Gasteiger charge is -1.99. The highest BCUT2D eigenvalue weighted by Crippen LogP contribution is 2.21. The molecule has 10 heteroatoms. The number of nitrogens with zero attached hydrogens (tertiary/aromatic N) is 3. The smallest absolute Gasteiger partial charge is 0.389 e. The van der Waals surface area contributed by atoms with Crippen LogP contribution in [0.2, 0.25) is 0 Å². The zero-order valence-corrected chi connectivity index (χ0v) is 10.7. The van der Waals surface area contributed by atoms with E-state index in [4.69, 9.17) is 5.11 Å². The molecular weight excluding hydrogens is 288 g/mol. The van der Waals surface area contributed by atoms with Gasteiger partial charge >= 0.3 is 11.8 Å². The number of rotatable bonds is 5. The molecule has 0 radical (unpaired) electrons. The van der Waals surface area contributed by atoms with Crippen LogP contribution in [0.15, 0.2) is 24.4 Å². The van der Waals surface area contributed by atoms with Crippen LogP contribution in [-0.2, 0) is 11.3 Å². The number of hydrogen-bond donors (Lipinski definition) is 2. The summed E-state index contributed by atoms with van der Waals surface area (Å²) < 4.78 is 1.12. The number of carboxylic acid groups (broad SMARTS) is 1. The summed E-state index contributed by atoms with van der Waals surface area (Å²) in [7, 11) is 0. The molecule has 0 saturated carbocycles. The molecule has 0 saturated heterocycles. The number of carboxylic acids is 1. The van der Waals surface area contributed by atoms with E-state index in [1.54, 1.807) is 0 Å². The van der Waals surface area contributed by atoms with E-state index in [1.807, 2.05) is 0 Å². The third-order valence-corrected chi connectivity index (χ3v) is 3.19.